The number of unbranched alkanes of at least 4 members (excludes halogenated alkanes) is 4. The Morgan fingerprint density at radius 3 is 2.62 bits per heavy atom. The molecule has 2 nitrogen and oxygen atoms in total. The molecule has 1 aliphatic rings. The van der Waals surface area contributed by atoms with Crippen molar-refractivity contribution in [2.45, 2.75) is 64.0 Å². The Morgan fingerprint density at radius 1 is 1.23 bits per heavy atom. The van der Waals surface area contributed by atoms with Crippen LogP contribution in [0.2, 0.25) is 0 Å². The zero-order chi connectivity index (χ0) is 9.52. The lowest BCUT2D eigenvalue weighted by Crippen LogP contribution is -2.29. The highest BCUT2D eigenvalue weighted by atomic mass is 16.5. The van der Waals surface area contributed by atoms with E-state index in [4.69, 9.17) is 10.5 Å². The molecular weight excluding hydrogens is 162 g/mol. The van der Waals surface area contributed by atoms with E-state index in [0.29, 0.717) is 12.1 Å². The van der Waals surface area contributed by atoms with Crippen LogP contribution >= 0.6 is 0 Å². The molecule has 1 fully saturated rings. The number of nitrogens with two attached hydrogens (primary N) is 1. The molecular formula is C11H23NO. The lowest BCUT2D eigenvalue weighted by Gasteiger charge is -2.13. The predicted octanol–water partition coefficient (Wildman–Crippen LogP) is 2.46. The first kappa shape index (κ1) is 11.0. The van der Waals surface area contributed by atoms with Crippen LogP contribution in [0, 0.1) is 0 Å². The Labute approximate surface area is 81.8 Å². The predicted molar refractivity (Wildman–Crippen MR) is 55.7 cm³/mol. The summed E-state index contributed by atoms with van der Waals surface area (Å²) in [6.07, 6.45) is 9.29. The number of ether oxygens (including phenoxy) is 1. The van der Waals surface area contributed by atoms with E-state index in [9.17, 15) is 0 Å². The van der Waals surface area contributed by atoms with E-state index in [1.807, 2.05) is 0 Å². The monoisotopic (exact) mass is 185 g/mol. The molecule has 2 N–H and O–H groups in total. The molecule has 0 amide bonds. The highest BCUT2D eigenvalue weighted by Crippen LogP contribution is 2.17. The van der Waals surface area contributed by atoms with Gasteiger partial charge in [-0.05, 0) is 12.8 Å². The van der Waals surface area contributed by atoms with Crippen LogP contribution in [0.5, 0.6) is 0 Å². The second-order valence-electron chi connectivity index (χ2n) is 4.06. The van der Waals surface area contributed by atoms with Crippen molar-refractivity contribution in [3.8, 4) is 0 Å². The first-order valence-corrected chi connectivity index (χ1v) is 5.71. The first-order chi connectivity index (χ1) is 6.34. The average molecular weight is 185 g/mol. The van der Waals surface area contributed by atoms with Crippen LogP contribution < -0.4 is 5.73 Å². The molecule has 1 rings (SSSR count). The summed E-state index contributed by atoms with van der Waals surface area (Å²) >= 11 is 0. The number of hydrogen-bond donors (Lipinski definition) is 1. The van der Waals surface area contributed by atoms with Crippen LogP contribution in [0.25, 0.3) is 0 Å². The van der Waals surface area contributed by atoms with E-state index in [0.717, 1.165) is 13.0 Å². The maximum atomic E-state index is 5.89. The van der Waals surface area contributed by atoms with Gasteiger partial charge in [-0.1, -0.05) is 39.0 Å². The maximum absolute atomic E-state index is 5.89. The Bertz CT molecular complexity index is 127. The molecule has 0 bridgehead atoms. The Kier molecular flexibility index (Phi) is 5.40. The van der Waals surface area contributed by atoms with Gasteiger partial charge in [-0.3, -0.25) is 0 Å². The van der Waals surface area contributed by atoms with Gasteiger partial charge in [0.15, 0.2) is 0 Å². The molecule has 78 valence electrons. The van der Waals surface area contributed by atoms with Gasteiger partial charge in [0.25, 0.3) is 0 Å². The molecule has 2 atom stereocenters. The molecule has 1 aliphatic heterocycles. The summed E-state index contributed by atoms with van der Waals surface area (Å²) in [5.74, 6) is 0. The van der Waals surface area contributed by atoms with Gasteiger partial charge in [0.05, 0.1) is 6.10 Å². The molecule has 13 heavy (non-hydrogen) atoms. The van der Waals surface area contributed by atoms with Crippen LogP contribution in [-0.4, -0.2) is 18.8 Å². The van der Waals surface area contributed by atoms with Crippen molar-refractivity contribution in [1.29, 1.82) is 0 Å². The van der Waals surface area contributed by atoms with Gasteiger partial charge in [-0.25, -0.2) is 0 Å². The molecule has 1 saturated heterocycles. The molecule has 0 saturated carbocycles. The fourth-order valence-corrected chi connectivity index (χ4v) is 1.91. The van der Waals surface area contributed by atoms with Crippen molar-refractivity contribution in [1.82, 2.24) is 0 Å². The van der Waals surface area contributed by atoms with Crippen LogP contribution in [0.3, 0.4) is 0 Å². The molecule has 0 radical (unpaired) electrons. The van der Waals surface area contributed by atoms with Gasteiger partial charge in [0, 0.05) is 12.6 Å². The topological polar surface area (TPSA) is 35.2 Å². The standard InChI is InChI=1S/C11H23NO/c1-2-3-4-5-6-7-11-10(12)8-9-13-11/h10-11H,2-9,12H2,1H3. The summed E-state index contributed by atoms with van der Waals surface area (Å²) in [7, 11) is 0. The van der Waals surface area contributed by atoms with Crippen LogP contribution in [0.1, 0.15) is 51.9 Å². The normalized spacial score (nSPS) is 28.2. The smallest absolute Gasteiger partial charge is 0.0726 e. The minimum absolute atomic E-state index is 0.311. The fraction of sp³-hybridized carbons (Fsp3) is 1.00. The maximum Gasteiger partial charge on any atom is 0.0726 e. The molecule has 0 aromatic rings. The zero-order valence-corrected chi connectivity index (χ0v) is 8.80. The second kappa shape index (κ2) is 6.39. The van der Waals surface area contributed by atoms with Gasteiger partial charge in [0.1, 0.15) is 0 Å². The van der Waals surface area contributed by atoms with E-state index in [1.165, 1.54) is 38.5 Å². The lowest BCUT2D eigenvalue weighted by molar-refractivity contribution is 0.0950. The third kappa shape index (κ3) is 4.10. The molecule has 0 aliphatic carbocycles. The molecule has 0 aromatic carbocycles. The third-order valence-corrected chi connectivity index (χ3v) is 2.85. The largest absolute Gasteiger partial charge is 0.377 e. The summed E-state index contributed by atoms with van der Waals surface area (Å²) in [5.41, 5.74) is 5.89. The Hall–Kier alpha value is -0.0800. The third-order valence-electron chi connectivity index (χ3n) is 2.85. The highest BCUT2D eigenvalue weighted by Gasteiger charge is 2.23. The molecule has 0 aromatic heterocycles. The SMILES string of the molecule is CCCCCCCC1OCCC1N. The summed E-state index contributed by atoms with van der Waals surface area (Å²) in [5, 5.41) is 0. The first-order valence-electron chi connectivity index (χ1n) is 5.71. The van der Waals surface area contributed by atoms with E-state index in [-0.39, 0.29) is 0 Å². The van der Waals surface area contributed by atoms with Crippen molar-refractivity contribution >= 4 is 0 Å². The van der Waals surface area contributed by atoms with Crippen LogP contribution in [0.15, 0.2) is 0 Å². The van der Waals surface area contributed by atoms with Gasteiger partial charge >= 0.3 is 0 Å². The highest BCUT2D eigenvalue weighted by molar-refractivity contribution is 4.78. The average Bonchev–Trinajstić information content (AvgIpc) is 2.52. The van der Waals surface area contributed by atoms with Crippen molar-refractivity contribution < 1.29 is 4.74 Å². The Morgan fingerprint density at radius 2 is 2.00 bits per heavy atom. The quantitative estimate of drug-likeness (QED) is 0.645. The summed E-state index contributed by atoms with van der Waals surface area (Å²) in [6, 6.07) is 0.311. The zero-order valence-electron chi connectivity index (χ0n) is 8.80. The van der Waals surface area contributed by atoms with E-state index in [2.05, 4.69) is 6.92 Å². The Balaban J connectivity index is 1.93. The lowest BCUT2D eigenvalue weighted by atomic mass is 10.0. The molecule has 1 heterocycles. The van der Waals surface area contributed by atoms with Gasteiger partial charge in [-0.2, -0.15) is 0 Å². The fourth-order valence-electron chi connectivity index (χ4n) is 1.91. The molecule has 2 unspecified atom stereocenters. The van der Waals surface area contributed by atoms with E-state index < -0.39 is 0 Å². The van der Waals surface area contributed by atoms with E-state index >= 15 is 0 Å². The summed E-state index contributed by atoms with van der Waals surface area (Å²) < 4.78 is 5.55. The van der Waals surface area contributed by atoms with Gasteiger partial charge in [-0.15, -0.1) is 0 Å². The summed E-state index contributed by atoms with van der Waals surface area (Å²) in [4.78, 5) is 0. The van der Waals surface area contributed by atoms with Crippen molar-refractivity contribution in [2.24, 2.45) is 5.73 Å². The molecule has 0 spiro atoms. The minimum Gasteiger partial charge on any atom is -0.377 e. The van der Waals surface area contributed by atoms with Crippen molar-refractivity contribution in [3.63, 3.8) is 0 Å². The minimum atomic E-state index is 0.311. The number of rotatable bonds is 6. The van der Waals surface area contributed by atoms with Crippen LogP contribution in [0.4, 0.5) is 0 Å². The van der Waals surface area contributed by atoms with Crippen LogP contribution in [-0.2, 0) is 4.74 Å². The summed E-state index contributed by atoms with van der Waals surface area (Å²) in [6.45, 7) is 3.12. The number of hydrogen-bond acceptors (Lipinski definition) is 2. The van der Waals surface area contributed by atoms with Gasteiger partial charge < -0.3 is 10.5 Å². The van der Waals surface area contributed by atoms with Crippen molar-refractivity contribution in [2.75, 3.05) is 6.61 Å². The second-order valence-corrected chi connectivity index (χ2v) is 4.06. The van der Waals surface area contributed by atoms with Crippen molar-refractivity contribution in [3.05, 3.63) is 0 Å². The van der Waals surface area contributed by atoms with Gasteiger partial charge in [0.2, 0.25) is 0 Å². The molecule has 2 heteroatoms. The van der Waals surface area contributed by atoms with E-state index in [1.54, 1.807) is 0 Å².